The van der Waals surface area contributed by atoms with Crippen LogP contribution in [0.5, 0.6) is 0 Å². The Labute approximate surface area is 172 Å². The van der Waals surface area contributed by atoms with Gasteiger partial charge in [-0.2, -0.15) is 13.2 Å². The first-order valence-electron chi connectivity index (χ1n) is 9.89. The average molecular weight is 417 g/mol. The summed E-state index contributed by atoms with van der Waals surface area (Å²) in [5.41, 5.74) is 0.448. The van der Waals surface area contributed by atoms with E-state index in [0.29, 0.717) is 6.54 Å². The van der Waals surface area contributed by atoms with Gasteiger partial charge < -0.3 is 4.90 Å². The van der Waals surface area contributed by atoms with E-state index in [-0.39, 0.29) is 17.8 Å². The minimum atomic E-state index is -4.55. The number of carbonyl (C=O) groups excluding carboxylic acids is 2. The number of alkyl halides is 3. The van der Waals surface area contributed by atoms with Crippen LogP contribution in [-0.2, 0) is 17.5 Å². The highest BCUT2D eigenvalue weighted by atomic mass is 19.4. The molecule has 0 spiro atoms. The molecule has 2 heterocycles. The second-order valence-electron chi connectivity index (χ2n) is 7.62. The van der Waals surface area contributed by atoms with Crippen molar-refractivity contribution in [2.24, 2.45) is 0 Å². The molecule has 0 N–H and O–H groups in total. The molecular weight excluding hydrogens is 395 g/mol. The van der Waals surface area contributed by atoms with Crippen molar-refractivity contribution in [1.29, 1.82) is 0 Å². The topological polar surface area (TPSA) is 43.9 Å². The number of Topliss-reactive ketones (excluding diaryl/α,β-unsaturated/α-hetero) is 1. The summed E-state index contributed by atoms with van der Waals surface area (Å²) in [4.78, 5) is 30.4. The van der Waals surface area contributed by atoms with Gasteiger partial charge in [0, 0.05) is 45.8 Å². The minimum absolute atomic E-state index is 0.164. The van der Waals surface area contributed by atoms with Gasteiger partial charge in [-0.1, -0.05) is 30.3 Å². The van der Waals surface area contributed by atoms with Crippen LogP contribution in [0.15, 0.2) is 48.5 Å². The van der Waals surface area contributed by atoms with E-state index in [1.807, 2.05) is 18.2 Å². The molecule has 1 fully saturated rings. The first-order valence-corrected chi connectivity index (χ1v) is 9.89. The van der Waals surface area contributed by atoms with Gasteiger partial charge in [0.2, 0.25) is 0 Å². The van der Waals surface area contributed by atoms with E-state index in [0.717, 1.165) is 44.9 Å². The van der Waals surface area contributed by atoms with Crippen LogP contribution in [0, 0.1) is 0 Å². The number of benzene rings is 2. The van der Waals surface area contributed by atoms with Gasteiger partial charge in [0.1, 0.15) is 0 Å². The van der Waals surface area contributed by atoms with Gasteiger partial charge in [-0.25, -0.2) is 0 Å². The van der Waals surface area contributed by atoms with E-state index < -0.39 is 23.4 Å². The van der Waals surface area contributed by atoms with Crippen molar-refractivity contribution in [3.63, 3.8) is 0 Å². The molecule has 0 bridgehead atoms. The SMILES string of the molecule is O=C1C(=O)N(CCN2CCN(Cc3ccccc3)CC2)c2ccc(C(F)(F)F)cc21. The molecule has 1 amide bonds. The Kier molecular flexibility index (Phi) is 5.62. The minimum Gasteiger partial charge on any atom is -0.303 e. The lowest BCUT2D eigenvalue weighted by Gasteiger charge is -2.35. The molecule has 2 aromatic carbocycles. The molecule has 0 aromatic heterocycles. The van der Waals surface area contributed by atoms with Gasteiger partial charge in [-0.05, 0) is 23.8 Å². The van der Waals surface area contributed by atoms with Crippen LogP contribution < -0.4 is 4.90 Å². The van der Waals surface area contributed by atoms with Crippen molar-refractivity contribution in [3.05, 3.63) is 65.2 Å². The second-order valence-corrected chi connectivity index (χ2v) is 7.62. The predicted molar refractivity (Wildman–Crippen MR) is 106 cm³/mol. The highest BCUT2D eigenvalue weighted by molar-refractivity contribution is 6.52. The summed E-state index contributed by atoms with van der Waals surface area (Å²) in [6.07, 6.45) is -4.55. The Hall–Kier alpha value is -2.71. The van der Waals surface area contributed by atoms with Crippen LogP contribution in [0.1, 0.15) is 21.5 Å². The first-order chi connectivity index (χ1) is 14.3. The number of rotatable bonds is 5. The van der Waals surface area contributed by atoms with Gasteiger partial charge in [0.25, 0.3) is 11.7 Å². The van der Waals surface area contributed by atoms with E-state index in [9.17, 15) is 22.8 Å². The summed E-state index contributed by atoms with van der Waals surface area (Å²) in [6, 6.07) is 13.2. The van der Waals surface area contributed by atoms with Gasteiger partial charge in [-0.3, -0.25) is 19.4 Å². The molecule has 8 heteroatoms. The van der Waals surface area contributed by atoms with E-state index >= 15 is 0 Å². The molecule has 4 rings (SSSR count). The number of ketones is 1. The number of halogens is 3. The standard InChI is InChI=1S/C22H22F3N3O2/c23-22(24,25)17-6-7-19-18(14-17)20(29)21(30)28(19)13-12-26-8-10-27(11-9-26)15-16-4-2-1-3-5-16/h1-7,14H,8-13,15H2. The Morgan fingerprint density at radius 1 is 0.833 bits per heavy atom. The van der Waals surface area contributed by atoms with Crippen LogP contribution in [0.25, 0.3) is 0 Å². The van der Waals surface area contributed by atoms with Crippen molar-refractivity contribution in [2.75, 3.05) is 44.2 Å². The lowest BCUT2D eigenvalue weighted by molar-refractivity contribution is -0.137. The zero-order valence-electron chi connectivity index (χ0n) is 16.4. The van der Waals surface area contributed by atoms with Crippen molar-refractivity contribution < 1.29 is 22.8 Å². The quantitative estimate of drug-likeness (QED) is 0.702. The van der Waals surface area contributed by atoms with Crippen molar-refractivity contribution in [1.82, 2.24) is 9.80 Å². The summed E-state index contributed by atoms with van der Waals surface area (Å²) in [5.74, 6) is -1.63. The largest absolute Gasteiger partial charge is 0.416 e. The smallest absolute Gasteiger partial charge is 0.303 e. The van der Waals surface area contributed by atoms with E-state index in [2.05, 4.69) is 21.9 Å². The van der Waals surface area contributed by atoms with Crippen LogP contribution in [0.2, 0.25) is 0 Å². The molecule has 2 aliphatic heterocycles. The molecule has 0 atom stereocenters. The fraction of sp³-hybridized carbons (Fsp3) is 0.364. The number of hydrogen-bond acceptors (Lipinski definition) is 4. The van der Waals surface area contributed by atoms with Gasteiger partial charge in [0.05, 0.1) is 16.8 Å². The normalized spacial score (nSPS) is 18.2. The molecule has 158 valence electrons. The van der Waals surface area contributed by atoms with E-state index in [1.165, 1.54) is 16.5 Å². The van der Waals surface area contributed by atoms with Crippen LogP contribution in [-0.4, -0.2) is 60.8 Å². The van der Waals surface area contributed by atoms with Crippen LogP contribution in [0.3, 0.4) is 0 Å². The van der Waals surface area contributed by atoms with E-state index in [1.54, 1.807) is 0 Å². The monoisotopic (exact) mass is 417 g/mol. The maximum Gasteiger partial charge on any atom is 0.416 e. The number of carbonyl (C=O) groups is 2. The van der Waals surface area contributed by atoms with Crippen molar-refractivity contribution in [3.8, 4) is 0 Å². The number of anilines is 1. The van der Waals surface area contributed by atoms with Gasteiger partial charge >= 0.3 is 6.18 Å². The Bertz CT molecular complexity index is 938. The predicted octanol–water partition coefficient (Wildman–Crippen LogP) is 3.05. The lowest BCUT2D eigenvalue weighted by atomic mass is 10.1. The average Bonchev–Trinajstić information content (AvgIpc) is 2.97. The molecule has 0 aliphatic carbocycles. The van der Waals surface area contributed by atoms with Crippen LogP contribution >= 0.6 is 0 Å². The molecule has 2 aliphatic rings. The zero-order valence-corrected chi connectivity index (χ0v) is 16.4. The Morgan fingerprint density at radius 3 is 2.17 bits per heavy atom. The number of amides is 1. The lowest BCUT2D eigenvalue weighted by Crippen LogP contribution is -2.48. The molecule has 2 aromatic rings. The fourth-order valence-electron chi connectivity index (χ4n) is 3.95. The van der Waals surface area contributed by atoms with Crippen LogP contribution in [0.4, 0.5) is 18.9 Å². The highest BCUT2D eigenvalue weighted by Crippen LogP contribution is 2.36. The van der Waals surface area contributed by atoms with Gasteiger partial charge in [0.15, 0.2) is 0 Å². The molecule has 5 nitrogen and oxygen atoms in total. The van der Waals surface area contributed by atoms with Crippen molar-refractivity contribution >= 4 is 17.4 Å². The summed E-state index contributed by atoms with van der Waals surface area (Å²) in [7, 11) is 0. The number of fused-ring (bicyclic) bond motifs is 1. The summed E-state index contributed by atoms with van der Waals surface area (Å²) >= 11 is 0. The second kappa shape index (κ2) is 8.20. The molecule has 1 saturated heterocycles. The fourth-order valence-corrected chi connectivity index (χ4v) is 3.95. The zero-order chi connectivity index (χ0) is 21.3. The maximum atomic E-state index is 12.9. The highest BCUT2D eigenvalue weighted by Gasteiger charge is 2.39. The molecule has 0 saturated carbocycles. The summed E-state index contributed by atoms with van der Waals surface area (Å²) < 4.78 is 38.8. The Balaban J connectivity index is 1.34. The summed E-state index contributed by atoms with van der Waals surface area (Å²) in [5, 5.41) is 0. The third-order valence-corrected chi connectivity index (χ3v) is 5.65. The maximum absolute atomic E-state index is 12.9. The number of nitrogens with zero attached hydrogens (tertiary/aromatic N) is 3. The summed E-state index contributed by atoms with van der Waals surface area (Å²) in [6.45, 7) is 5.20. The molecule has 0 radical (unpaired) electrons. The third-order valence-electron chi connectivity index (χ3n) is 5.65. The van der Waals surface area contributed by atoms with E-state index in [4.69, 9.17) is 0 Å². The molecule has 0 unspecified atom stereocenters. The first kappa shape index (κ1) is 20.6. The number of hydrogen-bond donors (Lipinski definition) is 0. The molecular formula is C22H22F3N3O2. The van der Waals surface area contributed by atoms with Crippen molar-refractivity contribution in [2.45, 2.75) is 12.7 Å². The number of piperazine rings is 1. The molecule has 30 heavy (non-hydrogen) atoms. The third kappa shape index (κ3) is 4.24. The Morgan fingerprint density at radius 2 is 1.50 bits per heavy atom. The van der Waals surface area contributed by atoms with Gasteiger partial charge in [-0.15, -0.1) is 0 Å².